The summed E-state index contributed by atoms with van der Waals surface area (Å²) in [5.74, 6) is -0.958. The molecule has 0 radical (unpaired) electrons. The van der Waals surface area contributed by atoms with E-state index in [1.807, 2.05) is 6.92 Å². The maximum Gasteiger partial charge on any atom is 0.146 e. The maximum atomic E-state index is 13.6. The predicted octanol–water partition coefficient (Wildman–Crippen LogP) is 2.72. The fourth-order valence-electron chi connectivity index (χ4n) is 1.71. The first-order valence-corrected chi connectivity index (χ1v) is 5.20. The largest absolute Gasteiger partial charge is 0.320 e. The van der Waals surface area contributed by atoms with E-state index in [9.17, 15) is 8.78 Å². The predicted molar refractivity (Wildman–Crippen MR) is 61.4 cm³/mol. The highest BCUT2D eigenvalue weighted by Gasteiger charge is 2.17. The average molecular weight is 234 g/mol. The van der Waals surface area contributed by atoms with Crippen LogP contribution in [-0.2, 0) is 0 Å². The highest BCUT2D eigenvalue weighted by atomic mass is 19.1. The molecule has 1 atom stereocenters. The van der Waals surface area contributed by atoms with Crippen LogP contribution in [0.1, 0.15) is 22.7 Å². The molecule has 2 rings (SSSR count). The first kappa shape index (κ1) is 11.7. The lowest BCUT2D eigenvalue weighted by Gasteiger charge is -2.14. The van der Waals surface area contributed by atoms with Gasteiger partial charge in [-0.25, -0.2) is 8.78 Å². The maximum absolute atomic E-state index is 13.6. The third kappa shape index (κ3) is 2.31. The SMILES string of the molecule is Cc1ccc(F)c(C(N)c2ccncc2F)c1. The summed E-state index contributed by atoms with van der Waals surface area (Å²) >= 11 is 0. The highest BCUT2D eigenvalue weighted by molar-refractivity contribution is 5.34. The van der Waals surface area contributed by atoms with Crippen LogP contribution in [0.2, 0.25) is 0 Å². The summed E-state index contributed by atoms with van der Waals surface area (Å²) in [6, 6.07) is 5.25. The van der Waals surface area contributed by atoms with Gasteiger partial charge in [-0.2, -0.15) is 0 Å². The van der Waals surface area contributed by atoms with Gasteiger partial charge < -0.3 is 5.73 Å². The standard InChI is InChI=1S/C13H12F2N2/c1-8-2-3-11(14)10(6-8)13(16)9-4-5-17-7-12(9)15/h2-7,13H,16H2,1H3. The van der Waals surface area contributed by atoms with Crippen molar-refractivity contribution in [1.82, 2.24) is 4.98 Å². The van der Waals surface area contributed by atoms with E-state index in [1.165, 1.54) is 18.3 Å². The molecule has 2 nitrogen and oxygen atoms in total. The lowest BCUT2D eigenvalue weighted by Crippen LogP contribution is -2.15. The number of benzene rings is 1. The molecular weight excluding hydrogens is 222 g/mol. The van der Waals surface area contributed by atoms with Crippen molar-refractivity contribution in [3.63, 3.8) is 0 Å². The number of halogens is 2. The van der Waals surface area contributed by atoms with Crippen molar-refractivity contribution in [2.75, 3.05) is 0 Å². The summed E-state index contributed by atoms with van der Waals surface area (Å²) in [6.45, 7) is 1.83. The van der Waals surface area contributed by atoms with Crippen molar-refractivity contribution < 1.29 is 8.78 Å². The zero-order valence-corrected chi connectivity index (χ0v) is 9.32. The zero-order chi connectivity index (χ0) is 12.4. The Morgan fingerprint density at radius 3 is 2.59 bits per heavy atom. The average Bonchev–Trinajstić information content (AvgIpc) is 2.32. The second-order valence-corrected chi connectivity index (χ2v) is 3.90. The molecule has 0 bridgehead atoms. The first-order valence-electron chi connectivity index (χ1n) is 5.20. The molecule has 0 spiro atoms. The monoisotopic (exact) mass is 234 g/mol. The lowest BCUT2D eigenvalue weighted by molar-refractivity contribution is 0.572. The Kier molecular flexibility index (Phi) is 3.15. The zero-order valence-electron chi connectivity index (χ0n) is 9.32. The molecule has 0 saturated heterocycles. The van der Waals surface area contributed by atoms with Crippen LogP contribution in [0, 0.1) is 18.6 Å². The molecule has 1 aromatic heterocycles. The molecule has 88 valence electrons. The third-order valence-electron chi connectivity index (χ3n) is 2.63. The molecule has 4 heteroatoms. The van der Waals surface area contributed by atoms with Crippen LogP contribution < -0.4 is 5.73 Å². The Morgan fingerprint density at radius 1 is 1.12 bits per heavy atom. The van der Waals surface area contributed by atoms with Crippen LogP contribution in [0.3, 0.4) is 0 Å². The van der Waals surface area contributed by atoms with Crippen LogP contribution in [-0.4, -0.2) is 4.98 Å². The Morgan fingerprint density at radius 2 is 1.88 bits per heavy atom. The number of pyridine rings is 1. The molecule has 0 aliphatic heterocycles. The second kappa shape index (κ2) is 4.59. The molecule has 2 aromatic rings. The topological polar surface area (TPSA) is 38.9 Å². The molecule has 1 aromatic carbocycles. The van der Waals surface area contributed by atoms with E-state index in [1.54, 1.807) is 12.1 Å². The van der Waals surface area contributed by atoms with Crippen LogP contribution in [0.25, 0.3) is 0 Å². The molecule has 0 fully saturated rings. The van der Waals surface area contributed by atoms with Crippen LogP contribution in [0.5, 0.6) is 0 Å². The van der Waals surface area contributed by atoms with Gasteiger partial charge in [-0.05, 0) is 19.1 Å². The van der Waals surface area contributed by atoms with E-state index in [0.717, 1.165) is 11.8 Å². The molecular formula is C13H12F2N2. The smallest absolute Gasteiger partial charge is 0.146 e. The van der Waals surface area contributed by atoms with Crippen molar-refractivity contribution in [3.05, 3.63) is 65.0 Å². The first-order chi connectivity index (χ1) is 8.09. The van der Waals surface area contributed by atoms with Crippen LogP contribution in [0.15, 0.2) is 36.7 Å². The minimum absolute atomic E-state index is 0.240. The lowest BCUT2D eigenvalue weighted by atomic mass is 9.98. The fourth-order valence-corrected chi connectivity index (χ4v) is 1.71. The van der Waals surface area contributed by atoms with Gasteiger partial charge in [-0.1, -0.05) is 17.7 Å². The minimum atomic E-state index is -0.821. The minimum Gasteiger partial charge on any atom is -0.320 e. The van der Waals surface area contributed by atoms with Crippen LogP contribution in [0.4, 0.5) is 8.78 Å². The Balaban J connectivity index is 2.47. The van der Waals surface area contributed by atoms with E-state index < -0.39 is 17.7 Å². The van der Waals surface area contributed by atoms with Gasteiger partial charge in [0.15, 0.2) is 0 Å². The van der Waals surface area contributed by atoms with Gasteiger partial charge >= 0.3 is 0 Å². The van der Waals surface area contributed by atoms with E-state index in [-0.39, 0.29) is 11.1 Å². The van der Waals surface area contributed by atoms with Gasteiger partial charge in [0, 0.05) is 17.3 Å². The number of rotatable bonds is 2. The summed E-state index contributed by atoms with van der Waals surface area (Å²) in [6.07, 6.45) is 2.51. The van der Waals surface area contributed by atoms with Gasteiger partial charge in [0.25, 0.3) is 0 Å². The number of aryl methyl sites for hydroxylation is 1. The normalized spacial score (nSPS) is 12.5. The highest BCUT2D eigenvalue weighted by Crippen LogP contribution is 2.24. The van der Waals surface area contributed by atoms with Gasteiger partial charge in [-0.15, -0.1) is 0 Å². The summed E-state index contributed by atoms with van der Waals surface area (Å²) in [5.41, 5.74) is 7.29. The molecule has 2 N–H and O–H groups in total. The van der Waals surface area contributed by atoms with Gasteiger partial charge in [0.2, 0.25) is 0 Å². The quantitative estimate of drug-likeness (QED) is 0.867. The second-order valence-electron chi connectivity index (χ2n) is 3.90. The number of nitrogens with two attached hydrogens (primary N) is 1. The van der Waals surface area contributed by atoms with Gasteiger partial charge in [0.1, 0.15) is 11.6 Å². The summed E-state index contributed by atoms with van der Waals surface area (Å²) in [4.78, 5) is 3.64. The number of aromatic nitrogens is 1. The van der Waals surface area contributed by atoms with E-state index >= 15 is 0 Å². The van der Waals surface area contributed by atoms with Gasteiger partial charge in [-0.3, -0.25) is 4.98 Å². The number of hydrogen-bond donors (Lipinski definition) is 1. The van der Waals surface area contributed by atoms with Crippen molar-refractivity contribution in [3.8, 4) is 0 Å². The van der Waals surface area contributed by atoms with E-state index in [2.05, 4.69) is 4.98 Å². The van der Waals surface area contributed by atoms with E-state index in [0.29, 0.717) is 0 Å². The molecule has 0 amide bonds. The van der Waals surface area contributed by atoms with Gasteiger partial charge in [0.05, 0.1) is 12.2 Å². The summed E-state index contributed by atoms with van der Waals surface area (Å²) in [5, 5.41) is 0. The Bertz CT molecular complexity index is 541. The van der Waals surface area contributed by atoms with Crippen molar-refractivity contribution in [2.24, 2.45) is 5.73 Å². The van der Waals surface area contributed by atoms with Crippen molar-refractivity contribution in [1.29, 1.82) is 0 Å². The molecule has 0 aliphatic rings. The fraction of sp³-hybridized carbons (Fsp3) is 0.154. The summed E-state index contributed by atoms with van der Waals surface area (Å²) in [7, 11) is 0. The summed E-state index contributed by atoms with van der Waals surface area (Å²) < 4.78 is 27.1. The molecule has 1 heterocycles. The molecule has 17 heavy (non-hydrogen) atoms. The van der Waals surface area contributed by atoms with Crippen molar-refractivity contribution in [2.45, 2.75) is 13.0 Å². The Labute approximate surface area is 98.1 Å². The molecule has 0 aliphatic carbocycles. The van der Waals surface area contributed by atoms with Crippen LogP contribution >= 0.6 is 0 Å². The number of nitrogens with zero attached hydrogens (tertiary/aromatic N) is 1. The number of hydrogen-bond acceptors (Lipinski definition) is 2. The molecule has 0 saturated carbocycles. The van der Waals surface area contributed by atoms with E-state index in [4.69, 9.17) is 5.73 Å². The molecule has 1 unspecified atom stereocenters. The Hall–Kier alpha value is -1.81. The van der Waals surface area contributed by atoms with Crippen molar-refractivity contribution >= 4 is 0 Å². The third-order valence-corrected chi connectivity index (χ3v) is 2.63.